The van der Waals surface area contributed by atoms with Crippen LogP contribution in [0.5, 0.6) is 11.5 Å². The lowest BCUT2D eigenvalue weighted by molar-refractivity contribution is -0.127. The summed E-state index contributed by atoms with van der Waals surface area (Å²) < 4.78 is 6.66. The van der Waals surface area contributed by atoms with Crippen molar-refractivity contribution in [3.05, 3.63) is 100 Å². The number of aryl methyl sites for hydroxylation is 1. The minimum atomic E-state index is -1.56. The minimum Gasteiger partial charge on any atom is -0.457 e. The van der Waals surface area contributed by atoms with Gasteiger partial charge >= 0.3 is 0 Å². The van der Waals surface area contributed by atoms with Crippen LogP contribution in [-0.2, 0) is 15.1 Å². The van der Waals surface area contributed by atoms with Crippen molar-refractivity contribution in [2.45, 2.75) is 37.4 Å². The lowest BCUT2D eigenvalue weighted by Gasteiger charge is -2.37. The average molecular weight is 596 g/mol. The fourth-order valence-electron chi connectivity index (χ4n) is 6.22. The summed E-state index contributed by atoms with van der Waals surface area (Å²) in [5.74, 6) is 0.458. The Balaban J connectivity index is 1.36. The Morgan fingerprint density at radius 1 is 1.07 bits per heavy atom. The van der Waals surface area contributed by atoms with Crippen LogP contribution in [0.15, 0.2) is 73.3 Å². The van der Waals surface area contributed by atoms with E-state index in [4.69, 9.17) is 21.9 Å². The first-order valence-corrected chi connectivity index (χ1v) is 15.0. The summed E-state index contributed by atoms with van der Waals surface area (Å²) in [6, 6.07) is 17.1. The van der Waals surface area contributed by atoms with Crippen molar-refractivity contribution >= 4 is 44.7 Å². The van der Waals surface area contributed by atoms with Crippen LogP contribution in [0.2, 0.25) is 0 Å². The minimum absolute atomic E-state index is 0.120. The molecule has 9 nitrogen and oxygen atoms in total. The molecule has 1 aliphatic heterocycles. The molecule has 1 aromatic heterocycles. The van der Waals surface area contributed by atoms with Gasteiger partial charge in [-0.05, 0) is 72.9 Å². The van der Waals surface area contributed by atoms with Gasteiger partial charge in [0.1, 0.15) is 17.0 Å². The number of carbonyl (C=O) groups excluding carboxylic acids is 3. The maximum absolute atomic E-state index is 14.2. The molecule has 4 aromatic rings. The quantitative estimate of drug-likeness (QED) is 0.192. The van der Waals surface area contributed by atoms with Crippen molar-refractivity contribution in [2.24, 2.45) is 11.5 Å². The van der Waals surface area contributed by atoms with Gasteiger partial charge in [-0.1, -0.05) is 36.9 Å². The van der Waals surface area contributed by atoms with Gasteiger partial charge < -0.3 is 32.2 Å². The number of nitrogens with zero attached hydrogens (tertiary/aromatic N) is 1. The largest absolute Gasteiger partial charge is 0.457 e. The number of hydrogen-bond donors (Lipinski definition) is 4. The summed E-state index contributed by atoms with van der Waals surface area (Å²) >= 11 is 1.22. The van der Waals surface area contributed by atoms with Crippen molar-refractivity contribution in [1.29, 1.82) is 0 Å². The van der Waals surface area contributed by atoms with Crippen molar-refractivity contribution in [2.75, 3.05) is 18.8 Å². The first-order valence-electron chi connectivity index (χ1n) is 14.1. The van der Waals surface area contributed by atoms with Crippen molar-refractivity contribution in [1.82, 2.24) is 10.2 Å². The molecule has 1 saturated heterocycles. The van der Waals surface area contributed by atoms with E-state index in [1.54, 1.807) is 29.2 Å². The van der Waals surface area contributed by atoms with E-state index in [2.05, 4.69) is 11.9 Å². The topological polar surface area (TPSA) is 154 Å². The summed E-state index contributed by atoms with van der Waals surface area (Å²) in [6.07, 6.45) is 2.52. The summed E-state index contributed by atoms with van der Waals surface area (Å²) in [7, 11) is 0. The fraction of sp³-hybridized carbons (Fsp3) is 0.242. The number of para-hydroxylation sites is 1. The highest BCUT2D eigenvalue weighted by Gasteiger charge is 2.49. The highest BCUT2D eigenvalue weighted by Crippen LogP contribution is 2.50. The molecule has 7 N–H and O–H groups in total. The number of Topliss-reactive ketones (excluding diaryl/α,β-unsaturated/α-hetero) is 1. The third kappa shape index (κ3) is 4.77. The van der Waals surface area contributed by atoms with E-state index in [1.807, 2.05) is 43.3 Å². The molecule has 2 amide bonds. The molecular formula is C33H33N5O4S. The second-order valence-corrected chi connectivity index (χ2v) is 12.1. The molecular weight excluding hydrogens is 562 g/mol. The SMILES string of the molecule is C=CC(=O)N1CCC(NC(=O)c2sc3c(N)ccc4c3c2C(N)C(=O)C4(N)c2ccc(Oc3ccccc3)cc2C)CC1. The van der Waals surface area contributed by atoms with E-state index >= 15 is 0 Å². The fourth-order valence-corrected chi connectivity index (χ4v) is 7.42. The van der Waals surface area contributed by atoms with Crippen molar-refractivity contribution in [3.8, 4) is 11.5 Å². The number of likely N-dealkylation sites (tertiary alicyclic amines) is 1. The predicted octanol–water partition coefficient (Wildman–Crippen LogP) is 4.28. The molecule has 6 rings (SSSR count). The molecule has 0 saturated carbocycles. The third-order valence-electron chi connectivity index (χ3n) is 8.44. The van der Waals surface area contributed by atoms with Crippen molar-refractivity contribution in [3.63, 3.8) is 0 Å². The Kier molecular flexibility index (Phi) is 7.29. The number of ether oxygens (including phenoxy) is 1. The molecule has 0 bridgehead atoms. The molecule has 3 aromatic carbocycles. The zero-order chi connectivity index (χ0) is 30.5. The molecule has 43 heavy (non-hydrogen) atoms. The number of nitrogens with two attached hydrogens (primary N) is 3. The van der Waals surface area contributed by atoms with Crippen LogP contribution < -0.4 is 27.3 Å². The number of amides is 2. The highest BCUT2D eigenvalue weighted by atomic mass is 32.1. The molecule has 1 aliphatic carbocycles. The zero-order valence-electron chi connectivity index (χ0n) is 23.8. The van der Waals surface area contributed by atoms with Crippen LogP contribution in [0.4, 0.5) is 5.69 Å². The molecule has 0 spiro atoms. The lowest BCUT2D eigenvalue weighted by Crippen LogP contribution is -2.53. The lowest BCUT2D eigenvalue weighted by atomic mass is 9.69. The van der Waals surface area contributed by atoms with Gasteiger partial charge in [-0.15, -0.1) is 11.3 Å². The smallest absolute Gasteiger partial charge is 0.261 e. The molecule has 2 atom stereocenters. The molecule has 2 heterocycles. The van der Waals surface area contributed by atoms with Crippen LogP contribution in [0.3, 0.4) is 0 Å². The van der Waals surface area contributed by atoms with E-state index < -0.39 is 17.4 Å². The Morgan fingerprint density at radius 3 is 2.44 bits per heavy atom. The second-order valence-electron chi connectivity index (χ2n) is 11.1. The molecule has 2 unspecified atom stereocenters. The first-order chi connectivity index (χ1) is 20.6. The maximum Gasteiger partial charge on any atom is 0.261 e. The number of nitrogens with one attached hydrogen (secondary N) is 1. The molecule has 2 aliphatic rings. The number of ketones is 1. The summed E-state index contributed by atoms with van der Waals surface area (Å²) in [6.45, 7) is 6.47. The van der Waals surface area contributed by atoms with Crippen LogP contribution >= 0.6 is 11.3 Å². The number of thiophene rings is 1. The molecule has 220 valence electrons. The number of benzene rings is 3. The van der Waals surface area contributed by atoms with Gasteiger partial charge in [0.05, 0.1) is 15.6 Å². The van der Waals surface area contributed by atoms with Crippen LogP contribution in [0.1, 0.15) is 50.8 Å². The number of rotatable bonds is 6. The number of nitrogen functional groups attached to an aromatic ring is 1. The van der Waals surface area contributed by atoms with Gasteiger partial charge in [0, 0.05) is 35.8 Å². The van der Waals surface area contributed by atoms with E-state index in [0.29, 0.717) is 74.8 Å². The van der Waals surface area contributed by atoms with E-state index in [0.717, 1.165) is 5.56 Å². The van der Waals surface area contributed by atoms with Gasteiger partial charge in [0.25, 0.3) is 5.91 Å². The Morgan fingerprint density at radius 2 is 1.77 bits per heavy atom. The van der Waals surface area contributed by atoms with Gasteiger partial charge in [-0.2, -0.15) is 0 Å². The zero-order valence-corrected chi connectivity index (χ0v) is 24.6. The van der Waals surface area contributed by atoms with Gasteiger partial charge in [0.2, 0.25) is 5.91 Å². The summed E-state index contributed by atoms with van der Waals surface area (Å²) in [5.41, 5.74) is 21.4. The average Bonchev–Trinajstić information content (AvgIpc) is 3.42. The van der Waals surface area contributed by atoms with Gasteiger partial charge in [-0.25, -0.2) is 0 Å². The molecule has 1 fully saturated rings. The Bertz CT molecular complexity index is 1780. The highest BCUT2D eigenvalue weighted by molar-refractivity contribution is 7.21. The Hall–Kier alpha value is -4.51. The number of piperidine rings is 1. The number of hydrogen-bond acceptors (Lipinski definition) is 8. The monoisotopic (exact) mass is 595 g/mol. The van der Waals surface area contributed by atoms with Crippen molar-refractivity contribution < 1.29 is 19.1 Å². The first kappa shape index (κ1) is 28.6. The number of carbonyl (C=O) groups is 3. The van der Waals surface area contributed by atoms with Gasteiger partial charge in [-0.3, -0.25) is 14.4 Å². The predicted molar refractivity (Wildman–Crippen MR) is 168 cm³/mol. The van der Waals surface area contributed by atoms with Gasteiger partial charge in [0.15, 0.2) is 5.78 Å². The second kappa shape index (κ2) is 11.0. The van der Waals surface area contributed by atoms with Crippen LogP contribution in [0, 0.1) is 6.92 Å². The molecule has 10 heteroatoms. The molecule has 0 radical (unpaired) electrons. The standard InChI is InChI=1S/C33H33N5O4S/c1-3-25(39)38-15-13-19(14-16-38)37-32(41)30-27-26-23(11-12-24(34)29(26)43-30)33(36,31(40)28(27)35)22-10-9-21(17-18(22)2)42-20-7-5-4-6-8-20/h3-12,17,19,28H,1,13-16,34-36H2,2H3,(H,37,41). The maximum atomic E-state index is 14.2. The normalized spacial score (nSPS) is 20.2. The number of anilines is 1. The van der Waals surface area contributed by atoms with E-state index in [1.165, 1.54) is 17.4 Å². The van der Waals surface area contributed by atoms with E-state index in [-0.39, 0.29) is 17.9 Å². The summed E-state index contributed by atoms with van der Waals surface area (Å²) in [4.78, 5) is 41.8. The Labute approximate surface area is 253 Å². The summed E-state index contributed by atoms with van der Waals surface area (Å²) in [5, 5.41) is 3.74. The van der Waals surface area contributed by atoms with Crippen LogP contribution in [0.25, 0.3) is 10.1 Å². The van der Waals surface area contributed by atoms with E-state index in [9.17, 15) is 14.4 Å². The van der Waals surface area contributed by atoms with Crippen LogP contribution in [-0.4, -0.2) is 41.6 Å². The third-order valence-corrected chi connectivity index (χ3v) is 9.69.